The summed E-state index contributed by atoms with van der Waals surface area (Å²) in [5.41, 5.74) is 1.36. The molecule has 0 aliphatic heterocycles. The zero-order chi connectivity index (χ0) is 22.4. The first-order valence-corrected chi connectivity index (χ1v) is 11.4. The lowest BCUT2D eigenvalue weighted by Crippen LogP contribution is -2.33. The van der Waals surface area contributed by atoms with Crippen molar-refractivity contribution in [2.24, 2.45) is 0 Å². The highest BCUT2D eigenvalue weighted by molar-refractivity contribution is 7.92. The van der Waals surface area contributed by atoms with Gasteiger partial charge in [0.25, 0.3) is 15.9 Å². The van der Waals surface area contributed by atoms with Crippen molar-refractivity contribution in [1.82, 2.24) is 5.32 Å². The molecule has 7 heteroatoms. The summed E-state index contributed by atoms with van der Waals surface area (Å²) in [6, 6.07) is 21.3. The topological polar surface area (TPSA) is 66.5 Å². The summed E-state index contributed by atoms with van der Waals surface area (Å²) in [6.07, 6.45) is 1.58. The quantitative estimate of drug-likeness (QED) is 0.565. The molecule has 0 fully saturated rings. The number of anilines is 1. The predicted octanol–water partition coefficient (Wildman–Crippen LogP) is 4.40. The van der Waals surface area contributed by atoms with E-state index in [0.717, 1.165) is 17.1 Å². The molecule has 3 aromatic rings. The van der Waals surface area contributed by atoms with E-state index in [1.54, 1.807) is 12.1 Å². The maximum atomic E-state index is 14.1. The number of halogens is 1. The molecule has 0 aromatic heterocycles. The molecule has 31 heavy (non-hydrogen) atoms. The summed E-state index contributed by atoms with van der Waals surface area (Å²) in [5.74, 6) is -0.999. The van der Waals surface area contributed by atoms with Crippen LogP contribution in [-0.4, -0.2) is 27.4 Å². The van der Waals surface area contributed by atoms with Crippen molar-refractivity contribution in [2.75, 3.05) is 11.4 Å². The van der Waals surface area contributed by atoms with Crippen LogP contribution in [0.5, 0.6) is 0 Å². The van der Waals surface area contributed by atoms with E-state index >= 15 is 0 Å². The van der Waals surface area contributed by atoms with E-state index in [4.69, 9.17) is 0 Å². The molecule has 1 amide bonds. The van der Waals surface area contributed by atoms with Gasteiger partial charge in [-0.1, -0.05) is 48.5 Å². The third-order valence-electron chi connectivity index (χ3n) is 5.03. The highest BCUT2D eigenvalue weighted by Gasteiger charge is 2.24. The number of hydrogen-bond donors (Lipinski definition) is 1. The van der Waals surface area contributed by atoms with Gasteiger partial charge in [0.15, 0.2) is 0 Å². The lowest BCUT2D eigenvalue weighted by molar-refractivity contribution is 0.0938. The molecule has 0 saturated heterocycles. The average molecular weight is 441 g/mol. The molecule has 3 rings (SSSR count). The van der Waals surface area contributed by atoms with Crippen LogP contribution in [-0.2, 0) is 16.4 Å². The molecule has 0 bridgehead atoms. The fourth-order valence-electron chi connectivity index (χ4n) is 3.20. The van der Waals surface area contributed by atoms with E-state index in [9.17, 15) is 17.6 Å². The molecule has 0 heterocycles. The maximum absolute atomic E-state index is 14.1. The number of para-hydroxylation sites is 1. The Morgan fingerprint density at radius 2 is 1.68 bits per heavy atom. The molecule has 0 radical (unpaired) electrons. The van der Waals surface area contributed by atoms with E-state index in [1.807, 2.05) is 37.3 Å². The lowest BCUT2D eigenvalue weighted by atomic mass is 10.1. The number of nitrogens with one attached hydrogen (secondary N) is 1. The first-order chi connectivity index (χ1) is 14.8. The third-order valence-corrected chi connectivity index (χ3v) is 6.80. The van der Waals surface area contributed by atoms with Crippen LogP contribution in [0.15, 0.2) is 83.8 Å². The average Bonchev–Trinajstić information content (AvgIpc) is 2.78. The Kier molecular flexibility index (Phi) is 7.07. The Labute approximate surface area is 182 Å². The van der Waals surface area contributed by atoms with Gasteiger partial charge in [0.1, 0.15) is 5.82 Å². The first kappa shape index (κ1) is 22.5. The second-order valence-corrected chi connectivity index (χ2v) is 9.32. The molecule has 0 spiro atoms. The minimum absolute atomic E-state index is 0.0631. The van der Waals surface area contributed by atoms with Crippen molar-refractivity contribution in [3.63, 3.8) is 0 Å². The van der Waals surface area contributed by atoms with Gasteiger partial charge in [-0.25, -0.2) is 12.8 Å². The summed E-state index contributed by atoms with van der Waals surface area (Å²) in [4.78, 5) is 12.6. The molecule has 0 saturated carbocycles. The molecule has 0 aliphatic rings. The number of sulfonamides is 1. The summed E-state index contributed by atoms with van der Waals surface area (Å²) >= 11 is 0. The first-order valence-electron chi connectivity index (χ1n) is 9.97. The molecule has 0 aliphatic carbocycles. The van der Waals surface area contributed by atoms with E-state index in [2.05, 4.69) is 5.32 Å². The SMILES string of the molecule is CC(CCc1ccccc1)NC(=O)c1cccc(S(=O)(=O)N(C)c2ccccc2F)c1. The standard InChI is InChI=1S/C24H25FN2O3S/c1-18(15-16-19-9-4-3-5-10-19)26-24(28)20-11-8-12-21(17-20)31(29,30)27(2)23-14-7-6-13-22(23)25/h3-14,17-18H,15-16H2,1-2H3,(H,26,28). The van der Waals surface area contributed by atoms with Crippen LogP contribution in [0.4, 0.5) is 10.1 Å². The van der Waals surface area contributed by atoms with Gasteiger partial charge in [-0.05, 0) is 55.7 Å². The number of carbonyl (C=O) groups is 1. The number of rotatable bonds is 8. The molecule has 1 atom stereocenters. The van der Waals surface area contributed by atoms with Gasteiger partial charge < -0.3 is 5.32 Å². The van der Waals surface area contributed by atoms with Crippen LogP contribution in [0.25, 0.3) is 0 Å². The maximum Gasteiger partial charge on any atom is 0.264 e. The van der Waals surface area contributed by atoms with Crippen molar-refractivity contribution in [3.05, 3.63) is 95.8 Å². The minimum Gasteiger partial charge on any atom is -0.350 e. The molecule has 5 nitrogen and oxygen atoms in total. The second-order valence-electron chi connectivity index (χ2n) is 7.35. The van der Waals surface area contributed by atoms with E-state index in [-0.39, 0.29) is 28.1 Å². The predicted molar refractivity (Wildman–Crippen MR) is 120 cm³/mol. The monoisotopic (exact) mass is 440 g/mol. The van der Waals surface area contributed by atoms with E-state index in [1.165, 1.54) is 49.0 Å². The number of benzene rings is 3. The van der Waals surface area contributed by atoms with Gasteiger partial charge in [-0.2, -0.15) is 0 Å². The number of amides is 1. The van der Waals surface area contributed by atoms with Crippen molar-refractivity contribution >= 4 is 21.6 Å². The van der Waals surface area contributed by atoms with Crippen molar-refractivity contribution < 1.29 is 17.6 Å². The van der Waals surface area contributed by atoms with Crippen LogP contribution in [0.2, 0.25) is 0 Å². The van der Waals surface area contributed by atoms with Gasteiger partial charge in [0.05, 0.1) is 10.6 Å². The Balaban J connectivity index is 1.71. The highest BCUT2D eigenvalue weighted by Crippen LogP contribution is 2.25. The van der Waals surface area contributed by atoms with Crippen molar-refractivity contribution in [1.29, 1.82) is 0 Å². The number of carbonyl (C=O) groups excluding carboxylic acids is 1. The molecule has 162 valence electrons. The summed E-state index contributed by atoms with van der Waals surface area (Å²) < 4.78 is 40.9. The summed E-state index contributed by atoms with van der Waals surface area (Å²) in [5, 5.41) is 2.91. The van der Waals surface area contributed by atoms with E-state index in [0.29, 0.717) is 0 Å². The fourth-order valence-corrected chi connectivity index (χ4v) is 4.45. The third kappa shape index (κ3) is 5.49. The lowest BCUT2D eigenvalue weighted by Gasteiger charge is -2.20. The van der Waals surface area contributed by atoms with Gasteiger partial charge in [-0.15, -0.1) is 0 Å². The Morgan fingerprint density at radius 1 is 1.00 bits per heavy atom. The van der Waals surface area contributed by atoms with Crippen LogP contribution < -0.4 is 9.62 Å². The zero-order valence-electron chi connectivity index (χ0n) is 17.5. The molecular formula is C24H25FN2O3S. The number of nitrogens with zero attached hydrogens (tertiary/aromatic N) is 1. The highest BCUT2D eigenvalue weighted by atomic mass is 32.2. The van der Waals surface area contributed by atoms with Crippen LogP contribution in [0.1, 0.15) is 29.3 Å². The number of hydrogen-bond acceptors (Lipinski definition) is 3. The number of aryl methyl sites for hydroxylation is 1. The zero-order valence-corrected chi connectivity index (χ0v) is 18.3. The van der Waals surface area contributed by atoms with Gasteiger partial charge in [-0.3, -0.25) is 9.10 Å². The van der Waals surface area contributed by atoms with E-state index < -0.39 is 15.8 Å². The molecule has 1 N–H and O–H groups in total. The van der Waals surface area contributed by atoms with Gasteiger partial charge in [0.2, 0.25) is 0 Å². The fraction of sp³-hybridized carbons (Fsp3) is 0.208. The molecule has 1 unspecified atom stereocenters. The van der Waals surface area contributed by atoms with Crippen molar-refractivity contribution in [2.45, 2.75) is 30.7 Å². The molecule has 3 aromatic carbocycles. The summed E-state index contributed by atoms with van der Waals surface area (Å²) in [7, 11) is -2.75. The van der Waals surface area contributed by atoms with Crippen LogP contribution in [0, 0.1) is 5.82 Å². The Hall–Kier alpha value is -3.19. The van der Waals surface area contributed by atoms with Crippen LogP contribution >= 0.6 is 0 Å². The normalized spacial score (nSPS) is 12.2. The van der Waals surface area contributed by atoms with Gasteiger partial charge in [0, 0.05) is 18.7 Å². The van der Waals surface area contributed by atoms with Crippen molar-refractivity contribution in [3.8, 4) is 0 Å². The largest absolute Gasteiger partial charge is 0.350 e. The minimum atomic E-state index is -4.03. The molecular weight excluding hydrogens is 415 g/mol. The van der Waals surface area contributed by atoms with Crippen LogP contribution in [0.3, 0.4) is 0 Å². The Morgan fingerprint density at radius 3 is 2.39 bits per heavy atom. The smallest absolute Gasteiger partial charge is 0.264 e. The second kappa shape index (κ2) is 9.75. The van der Waals surface area contributed by atoms with Gasteiger partial charge >= 0.3 is 0 Å². The Bertz CT molecular complexity index is 1150. The summed E-state index contributed by atoms with van der Waals surface area (Å²) in [6.45, 7) is 1.91.